The minimum atomic E-state index is -0.150. The van der Waals surface area contributed by atoms with Gasteiger partial charge in [-0.1, -0.05) is 15.9 Å². The molecule has 4 rings (SSSR count). The molecular formula is C21H16BrN3O2S. The van der Waals surface area contributed by atoms with Gasteiger partial charge >= 0.3 is 0 Å². The van der Waals surface area contributed by atoms with Crippen LogP contribution in [0.4, 0.5) is 5.69 Å². The zero-order valence-electron chi connectivity index (χ0n) is 14.9. The molecule has 5 nitrogen and oxygen atoms in total. The van der Waals surface area contributed by atoms with Crippen LogP contribution in [0.3, 0.4) is 0 Å². The van der Waals surface area contributed by atoms with Crippen LogP contribution in [-0.2, 0) is 4.79 Å². The molecule has 7 heteroatoms. The number of carbonyl (C=O) groups is 1. The van der Waals surface area contributed by atoms with Crippen molar-refractivity contribution in [3.8, 4) is 11.4 Å². The fourth-order valence-corrected chi connectivity index (χ4v) is 3.83. The number of benzene rings is 2. The van der Waals surface area contributed by atoms with Crippen LogP contribution in [0.2, 0.25) is 0 Å². The van der Waals surface area contributed by atoms with Gasteiger partial charge in [-0.2, -0.15) is 0 Å². The molecule has 3 aromatic rings. The zero-order valence-corrected chi connectivity index (χ0v) is 17.3. The Labute approximate surface area is 175 Å². The molecule has 1 aliphatic rings. The van der Waals surface area contributed by atoms with Crippen LogP contribution in [0.25, 0.3) is 11.8 Å². The van der Waals surface area contributed by atoms with Crippen LogP contribution in [-0.4, -0.2) is 22.8 Å². The number of aliphatic imine (C=N–C) groups is 1. The predicted molar refractivity (Wildman–Crippen MR) is 117 cm³/mol. The molecule has 1 amide bonds. The molecule has 1 aliphatic heterocycles. The molecule has 0 aliphatic carbocycles. The quantitative estimate of drug-likeness (QED) is 0.556. The Morgan fingerprint density at radius 1 is 1.11 bits per heavy atom. The summed E-state index contributed by atoms with van der Waals surface area (Å²) < 4.78 is 8.22. The van der Waals surface area contributed by atoms with Gasteiger partial charge in [0.1, 0.15) is 5.75 Å². The first-order chi connectivity index (χ1) is 13.6. The van der Waals surface area contributed by atoms with Gasteiger partial charge in [0.15, 0.2) is 5.17 Å². The Hall–Kier alpha value is -2.77. The number of amidine groups is 1. The largest absolute Gasteiger partial charge is 0.497 e. The van der Waals surface area contributed by atoms with Crippen molar-refractivity contribution in [2.75, 3.05) is 7.11 Å². The molecule has 0 spiro atoms. The molecule has 1 N–H and O–H groups in total. The number of thioether (sulfide) groups is 1. The summed E-state index contributed by atoms with van der Waals surface area (Å²) >= 11 is 4.73. The van der Waals surface area contributed by atoms with Gasteiger partial charge in [-0.05, 0) is 78.5 Å². The van der Waals surface area contributed by atoms with Crippen molar-refractivity contribution in [3.05, 3.63) is 81.9 Å². The fourth-order valence-electron chi connectivity index (χ4n) is 2.74. The third-order valence-corrected chi connectivity index (χ3v) is 5.56. The van der Waals surface area contributed by atoms with Crippen LogP contribution in [0.5, 0.6) is 5.75 Å². The number of halogens is 1. The third-order valence-electron chi connectivity index (χ3n) is 4.12. The van der Waals surface area contributed by atoms with Crippen molar-refractivity contribution in [1.29, 1.82) is 0 Å². The monoisotopic (exact) mass is 453 g/mol. The van der Waals surface area contributed by atoms with E-state index in [1.807, 2.05) is 77.5 Å². The van der Waals surface area contributed by atoms with E-state index in [1.165, 1.54) is 11.8 Å². The van der Waals surface area contributed by atoms with E-state index >= 15 is 0 Å². The summed E-state index contributed by atoms with van der Waals surface area (Å²) in [5.74, 6) is 0.652. The number of rotatable bonds is 4. The van der Waals surface area contributed by atoms with Gasteiger partial charge in [-0.25, -0.2) is 4.99 Å². The lowest BCUT2D eigenvalue weighted by Crippen LogP contribution is -2.19. The highest BCUT2D eigenvalue weighted by Crippen LogP contribution is 2.29. The molecular weight excluding hydrogens is 438 g/mol. The lowest BCUT2D eigenvalue weighted by atomic mass is 10.3. The smallest absolute Gasteiger partial charge is 0.264 e. The van der Waals surface area contributed by atoms with Crippen molar-refractivity contribution in [2.24, 2.45) is 4.99 Å². The topological polar surface area (TPSA) is 55.6 Å². The first-order valence-corrected chi connectivity index (χ1v) is 10.1. The maximum Gasteiger partial charge on any atom is 0.264 e. The highest BCUT2D eigenvalue weighted by molar-refractivity contribution is 9.10. The van der Waals surface area contributed by atoms with Crippen LogP contribution in [0, 0.1) is 0 Å². The summed E-state index contributed by atoms with van der Waals surface area (Å²) in [5, 5.41) is 3.39. The first-order valence-electron chi connectivity index (χ1n) is 8.49. The van der Waals surface area contributed by atoms with E-state index in [9.17, 15) is 4.79 Å². The minimum Gasteiger partial charge on any atom is -0.497 e. The summed E-state index contributed by atoms with van der Waals surface area (Å²) in [5.41, 5.74) is 2.69. The number of hydrogen-bond acceptors (Lipinski definition) is 4. The van der Waals surface area contributed by atoms with E-state index in [-0.39, 0.29) is 5.91 Å². The molecule has 2 heterocycles. The van der Waals surface area contributed by atoms with Gasteiger partial charge < -0.3 is 14.6 Å². The van der Waals surface area contributed by atoms with E-state index < -0.39 is 0 Å². The van der Waals surface area contributed by atoms with Gasteiger partial charge in [-0.15, -0.1) is 0 Å². The van der Waals surface area contributed by atoms with E-state index in [1.54, 1.807) is 7.11 Å². The normalized spacial score (nSPS) is 16.6. The SMILES string of the molecule is COc1ccc(-n2cccc2/C=C2\SC(=Nc3ccc(Br)cc3)NC2=O)cc1. The van der Waals surface area contributed by atoms with Crippen molar-refractivity contribution in [2.45, 2.75) is 0 Å². The van der Waals surface area contributed by atoms with Crippen LogP contribution >= 0.6 is 27.7 Å². The van der Waals surface area contributed by atoms with Gasteiger partial charge in [-0.3, -0.25) is 4.79 Å². The standard InChI is InChI=1S/C21H16BrN3O2S/c1-27-18-10-8-16(9-11-18)25-12-2-3-17(25)13-19-20(26)24-21(28-19)23-15-6-4-14(22)5-7-15/h2-13H,1H3,(H,23,24,26)/b19-13-. The molecule has 1 fully saturated rings. The number of hydrogen-bond donors (Lipinski definition) is 1. The Kier molecular flexibility index (Phi) is 5.36. The zero-order chi connectivity index (χ0) is 19.5. The Morgan fingerprint density at radius 3 is 2.57 bits per heavy atom. The first kappa shape index (κ1) is 18.6. The Bertz CT molecular complexity index is 1070. The van der Waals surface area contributed by atoms with Gasteiger partial charge in [0.2, 0.25) is 0 Å². The molecule has 28 heavy (non-hydrogen) atoms. The van der Waals surface area contributed by atoms with Crippen molar-refractivity contribution in [3.63, 3.8) is 0 Å². The molecule has 140 valence electrons. The number of nitrogens with zero attached hydrogens (tertiary/aromatic N) is 2. The van der Waals surface area contributed by atoms with Crippen molar-refractivity contribution < 1.29 is 9.53 Å². The van der Waals surface area contributed by atoms with E-state index in [0.29, 0.717) is 10.1 Å². The average Bonchev–Trinajstić information content (AvgIpc) is 3.30. The second-order valence-corrected chi connectivity index (χ2v) is 7.91. The maximum absolute atomic E-state index is 12.4. The molecule has 0 unspecified atom stereocenters. The fraction of sp³-hybridized carbons (Fsp3) is 0.0476. The van der Waals surface area contributed by atoms with Crippen LogP contribution in [0.1, 0.15) is 5.69 Å². The lowest BCUT2D eigenvalue weighted by Gasteiger charge is -2.08. The molecule has 0 bridgehead atoms. The summed E-state index contributed by atoms with van der Waals surface area (Å²) in [7, 11) is 1.64. The number of aromatic nitrogens is 1. The summed E-state index contributed by atoms with van der Waals surface area (Å²) in [6.45, 7) is 0. The number of methoxy groups -OCH3 is 1. The summed E-state index contributed by atoms with van der Waals surface area (Å²) in [4.78, 5) is 17.5. The minimum absolute atomic E-state index is 0.150. The predicted octanol–water partition coefficient (Wildman–Crippen LogP) is 5.14. The van der Waals surface area contributed by atoms with E-state index in [2.05, 4.69) is 26.2 Å². The lowest BCUT2D eigenvalue weighted by molar-refractivity contribution is -0.115. The molecule has 0 atom stereocenters. The van der Waals surface area contributed by atoms with E-state index in [0.717, 1.165) is 27.3 Å². The number of carbonyl (C=O) groups excluding carboxylic acids is 1. The maximum atomic E-state index is 12.4. The summed E-state index contributed by atoms with van der Waals surface area (Å²) in [6, 6.07) is 19.3. The summed E-state index contributed by atoms with van der Waals surface area (Å²) in [6.07, 6.45) is 3.83. The third kappa shape index (κ3) is 4.05. The number of amides is 1. The second-order valence-electron chi connectivity index (χ2n) is 5.96. The molecule has 2 aromatic carbocycles. The number of nitrogens with one attached hydrogen (secondary N) is 1. The van der Waals surface area contributed by atoms with Crippen LogP contribution in [0.15, 0.2) is 81.2 Å². The molecule has 1 saturated heterocycles. The molecule has 0 radical (unpaired) electrons. The average molecular weight is 454 g/mol. The van der Waals surface area contributed by atoms with Gasteiger partial charge in [0.05, 0.1) is 17.7 Å². The Morgan fingerprint density at radius 2 is 1.86 bits per heavy atom. The van der Waals surface area contributed by atoms with Crippen molar-refractivity contribution >= 4 is 50.5 Å². The van der Waals surface area contributed by atoms with Gasteiger partial charge in [0.25, 0.3) is 5.91 Å². The van der Waals surface area contributed by atoms with E-state index in [4.69, 9.17) is 4.74 Å². The van der Waals surface area contributed by atoms with Gasteiger partial charge in [0, 0.05) is 22.1 Å². The number of ether oxygens (including phenoxy) is 1. The second kappa shape index (κ2) is 8.08. The molecule has 0 saturated carbocycles. The Balaban J connectivity index is 1.59. The highest BCUT2D eigenvalue weighted by Gasteiger charge is 2.24. The highest BCUT2D eigenvalue weighted by atomic mass is 79.9. The molecule has 1 aromatic heterocycles. The van der Waals surface area contributed by atoms with Crippen LogP contribution < -0.4 is 10.1 Å². The van der Waals surface area contributed by atoms with Crippen molar-refractivity contribution in [1.82, 2.24) is 9.88 Å².